The number of aryl methyl sites for hydroxylation is 2. The molecule has 0 aliphatic rings. The standard InChI is InChI=1S/C19H24N2O3/c1-6-14-17(12(2)13-9-7-8-10-15(13)20-14)18(23)24-11-16(22)21-19(3,4)5/h7-10H,6,11H2,1-5H3,(H,21,22). The van der Waals surface area contributed by atoms with Gasteiger partial charge in [-0.2, -0.15) is 0 Å². The molecule has 0 atom stereocenters. The van der Waals surface area contributed by atoms with Crippen LogP contribution in [0.3, 0.4) is 0 Å². The number of carbonyl (C=O) groups is 2. The van der Waals surface area contributed by atoms with Crippen LogP contribution in [0.15, 0.2) is 24.3 Å². The molecular weight excluding hydrogens is 304 g/mol. The zero-order valence-corrected chi connectivity index (χ0v) is 14.9. The van der Waals surface area contributed by atoms with Crippen LogP contribution in [0.1, 0.15) is 49.3 Å². The molecule has 0 fully saturated rings. The third-order valence-electron chi connectivity index (χ3n) is 3.61. The van der Waals surface area contributed by atoms with E-state index in [2.05, 4.69) is 10.3 Å². The number of ether oxygens (including phenoxy) is 1. The molecule has 128 valence electrons. The normalized spacial score (nSPS) is 11.4. The summed E-state index contributed by atoms with van der Waals surface area (Å²) in [6.45, 7) is 9.15. The number of aromatic nitrogens is 1. The minimum Gasteiger partial charge on any atom is -0.452 e. The van der Waals surface area contributed by atoms with Crippen LogP contribution in [0.5, 0.6) is 0 Å². The number of esters is 1. The molecule has 0 saturated heterocycles. The van der Waals surface area contributed by atoms with Gasteiger partial charge in [0.05, 0.1) is 16.8 Å². The van der Waals surface area contributed by atoms with Crippen molar-refractivity contribution in [3.05, 3.63) is 41.1 Å². The smallest absolute Gasteiger partial charge is 0.340 e. The van der Waals surface area contributed by atoms with E-state index in [1.165, 1.54) is 0 Å². The molecule has 0 spiro atoms. The van der Waals surface area contributed by atoms with Gasteiger partial charge in [0.15, 0.2) is 6.61 Å². The van der Waals surface area contributed by atoms with Gasteiger partial charge in [0, 0.05) is 10.9 Å². The highest BCUT2D eigenvalue weighted by molar-refractivity contribution is 5.99. The monoisotopic (exact) mass is 328 g/mol. The molecule has 0 radical (unpaired) electrons. The number of nitrogens with one attached hydrogen (secondary N) is 1. The number of para-hydroxylation sites is 1. The van der Waals surface area contributed by atoms with E-state index < -0.39 is 5.97 Å². The van der Waals surface area contributed by atoms with E-state index in [0.717, 1.165) is 16.5 Å². The number of carbonyl (C=O) groups excluding carboxylic acids is 2. The van der Waals surface area contributed by atoms with Gasteiger partial charge in [-0.25, -0.2) is 4.79 Å². The van der Waals surface area contributed by atoms with Gasteiger partial charge >= 0.3 is 5.97 Å². The number of nitrogens with zero attached hydrogens (tertiary/aromatic N) is 1. The van der Waals surface area contributed by atoms with Crippen molar-refractivity contribution in [2.45, 2.75) is 46.6 Å². The highest BCUT2D eigenvalue weighted by Gasteiger charge is 2.21. The molecule has 0 bridgehead atoms. The molecule has 0 saturated carbocycles. The zero-order valence-electron chi connectivity index (χ0n) is 14.9. The summed E-state index contributed by atoms with van der Waals surface area (Å²) in [4.78, 5) is 28.9. The summed E-state index contributed by atoms with van der Waals surface area (Å²) in [5.41, 5.74) is 2.47. The number of pyridine rings is 1. The largest absolute Gasteiger partial charge is 0.452 e. The maximum absolute atomic E-state index is 12.5. The van der Waals surface area contributed by atoms with E-state index in [1.54, 1.807) is 0 Å². The Bertz CT molecular complexity index is 776. The van der Waals surface area contributed by atoms with Gasteiger partial charge in [0.2, 0.25) is 0 Å². The maximum atomic E-state index is 12.5. The Balaban J connectivity index is 2.26. The maximum Gasteiger partial charge on any atom is 0.340 e. The summed E-state index contributed by atoms with van der Waals surface area (Å²) in [7, 11) is 0. The van der Waals surface area contributed by atoms with Crippen LogP contribution in [0.4, 0.5) is 0 Å². The van der Waals surface area contributed by atoms with Gasteiger partial charge in [-0.05, 0) is 45.7 Å². The quantitative estimate of drug-likeness (QED) is 0.875. The van der Waals surface area contributed by atoms with Crippen LogP contribution in [-0.4, -0.2) is 29.0 Å². The van der Waals surface area contributed by atoms with Crippen LogP contribution in [0.2, 0.25) is 0 Å². The van der Waals surface area contributed by atoms with E-state index in [9.17, 15) is 9.59 Å². The lowest BCUT2D eigenvalue weighted by Gasteiger charge is -2.20. The van der Waals surface area contributed by atoms with E-state index >= 15 is 0 Å². The molecule has 0 unspecified atom stereocenters. The Labute approximate surface area is 142 Å². The highest BCUT2D eigenvalue weighted by atomic mass is 16.5. The fourth-order valence-corrected chi connectivity index (χ4v) is 2.62. The molecule has 0 aliphatic heterocycles. The van der Waals surface area contributed by atoms with Crippen molar-refractivity contribution in [3.8, 4) is 0 Å². The van der Waals surface area contributed by atoms with Gasteiger partial charge in [0.1, 0.15) is 0 Å². The van der Waals surface area contributed by atoms with Crippen molar-refractivity contribution in [1.82, 2.24) is 10.3 Å². The van der Waals surface area contributed by atoms with Gasteiger partial charge in [-0.1, -0.05) is 25.1 Å². The lowest BCUT2D eigenvalue weighted by Crippen LogP contribution is -2.42. The minimum atomic E-state index is -0.508. The molecular formula is C19H24N2O3. The van der Waals surface area contributed by atoms with Gasteiger partial charge in [0.25, 0.3) is 5.91 Å². The SMILES string of the molecule is CCc1nc2ccccc2c(C)c1C(=O)OCC(=O)NC(C)(C)C. The van der Waals surface area contributed by atoms with E-state index in [4.69, 9.17) is 4.74 Å². The first-order valence-corrected chi connectivity index (χ1v) is 8.09. The molecule has 5 nitrogen and oxygen atoms in total. The van der Waals surface area contributed by atoms with Gasteiger partial charge in [-0.3, -0.25) is 9.78 Å². The Morgan fingerprint density at radius 3 is 2.50 bits per heavy atom. The number of hydrogen-bond donors (Lipinski definition) is 1. The summed E-state index contributed by atoms with van der Waals surface area (Å²) in [5.74, 6) is -0.827. The molecule has 1 amide bonds. The second-order valence-electron chi connectivity index (χ2n) is 6.80. The molecule has 1 heterocycles. The molecule has 5 heteroatoms. The van der Waals surface area contributed by atoms with Crippen molar-refractivity contribution < 1.29 is 14.3 Å². The van der Waals surface area contributed by atoms with E-state index in [-0.39, 0.29) is 18.1 Å². The Hall–Kier alpha value is -2.43. The summed E-state index contributed by atoms with van der Waals surface area (Å²) >= 11 is 0. The predicted octanol–water partition coefficient (Wildman–Crippen LogP) is 3.18. The number of rotatable bonds is 4. The van der Waals surface area contributed by atoms with Crippen LogP contribution in [0.25, 0.3) is 10.9 Å². The first-order valence-electron chi connectivity index (χ1n) is 8.09. The van der Waals surface area contributed by atoms with Crippen molar-refractivity contribution in [1.29, 1.82) is 0 Å². The molecule has 2 aromatic rings. The second-order valence-corrected chi connectivity index (χ2v) is 6.80. The van der Waals surface area contributed by atoms with Crippen LogP contribution >= 0.6 is 0 Å². The molecule has 1 aromatic carbocycles. The predicted molar refractivity (Wildman–Crippen MR) is 94.0 cm³/mol. The lowest BCUT2D eigenvalue weighted by molar-refractivity contribution is -0.125. The average Bonchev–Trinajstić information content (AvgIpc) is 2.50. The first kappa shape index (κ1) is 17.9. The molecule has 2 rings (SSSR count). The number of hydrogen-bond acceptors (Lipinski definition) is 4. The van der Waals surface area contributed by atoms with Crippen molar-refractivity contribution in [2.75, 3.05) is 6.61 Å². The zero-order chi connectivity index (χ0) is 17.9. The highest BCUT2D eigenvalue weighted by Crippen LogP contribution is 2.24. The van der Waals surface area contributed by atoms with E-state index in [0.29, 0.717) is 17.7 Å². The van der Waals surface area contributed by atoms with Crippen molar-refractivity contribution in [2.24, 2.45) is 0 Å². The number of fused-ring (bicyclic) bond motifs is 1. The van der Waals surface area contributed by atoms with E-state index in [1.807, 2.05) is 58.9 Å². The lowest BCUT2D eigenvalue weighted by atomic mass is 10.0. The average molecular weight is 328 g/mol. The summed E-state index contributed by atoms with van der Waals surface area (Å²) in [6, 6.07) is 7.69. The van der Waals surface area contributed by atoms with Crippen LogP contribution in [-0.2, 0) is 16.0 Å². The third-order valence-corrected chi connectivity index (χ3v) is 3.61. The van der Waals surface area contributed by atoms with Crippen LogP contribution < -0.4 is 5.32 Å². The van der Waals surface area contributed by atoms with Crippen LogP contribution in [0, 0.1) is 6.92 Å². The molecule has 1 N–H and O–H groups in total. The Morgan fingerprint density at radius 2 is 1.88 bits per heavy atom. The molecule has 1 aromatic heterocycles. The topological polar surface area (TPSA) is 68.3 Å². The van der Waals surface area contributed by atoms with Gasteiger partial charge in [-0.15, -0.1) is 0 Å². The third kappa shape index (κ3) is 4.10. The Kier molecular flexibility index (Phi) is 5.22. The minimum absolute atomic E-state index is 0.300. The fraction of sp³-hybridized carbons (Fsp3) is 0.421. The Morgan fingerprint density at radius 1 is 1.21 bits per heavy atom. The summed E-state index contributed by atoms with van der Waals surface area (Å²) in [5, 5.41) is 3.68. The van der Waals surface area contributed by atoms with Gasteiger partial charge < -0.3 is 10.1 Å². The molecule has 24 heavy (non-hydrogen) atoms. The fourth-order valence-electron chi connectivity index (χ4n) is 2.62. The summed E-state index contributed by atoms with van der Waals surface area (Å²) in [6.07, 6.45) is 0.615. The van der Waals surface area contributed by atoms with Crippen molar-refractivity contribution in [3.63, 3.8) is 0 Å². The first-order chi connectivity index (χ1) is 11.2. The summed E-state index contributed by atoms with van der Waals surface area (Å²) < 4.78 is 5.22. The molecule has 0 aliphatic carbocycles. The second kappa shape index (κ2) is 6.99. The van der Waals surface area contributed by atoms with Crippen molar-refractivity contribution >= 4 is 22.8 Å². The number of amides is 1. The number of benzene rings is 1.